The van der Waals surface area contributed by atoms with Gasteiger partial charge >= 0.3 is 5.97 Å². The Bertz CT molecular complexity index is 1340. The monoisotopic (exact) mass is 488 g/mol. The second-order valence-corrected chi connectivity index (χ2v) is 7.77. The number of hydrogen-bond donors (Lipinski definition) is 2. The highest BCUT2D eigenvalue weighted by atomic mass is 79.9. The van der Waals surface area contributed by atoms with Gasteiger partial charge in [-0.1, -0.05) is 58.4 Å². The van der Waals surface area contributed by atoms with Crippen molar-refractivity contribution in [1.29, 1.82) is 0 Å². The number of ether oxygens (including phenoxy) is 1. The van der Waals surface area contributed by atoms with Crippen LogP contribution in [-0.2, 0) is 0 Å². The molecule has 0 radical (unpaired) electrons. The first-order valence-electron chi connectivity index (χ1n) is 9.63. The third-order valence-electron chi connectivity index (χ3n) is 4.66. The number of amides is 1. The molecule has 0 aliphatic rings. The zero-order valence-electron chi connectivity index (χ0n) is 16.7. The molecular formula is C25H17BrN2O4. The van der Waals surface area contributed by atoms with Crippen LogP contribution in [0.25, 0.3) is 10.8 Å². The molecule has 1 amide bonds. The van der Waals surface area contributed by atoms with E-state index in [1.54, 1.807) is 48.5 Å². The summed E-state index contributed by atoms with van der Waals surface area (Å²) in [7, 11) is 0. The van der Waals surface area contributed by atoms with E-state index in [4.69, 9.17) is 4.74 Å². The highest BCUT2D eigenvalue weighted by Crippen LogP contribution is 2.25. The van der Waals surface area contributed by atoms with Gasteiger partial charge in [0.05, 0.1) is 17.3 Å². The molecule has 0 unspecified atom stereocenters. The fourth-order valence-corrected chi connectivity index (χ4v) is 3.46. The average molecular weight is 489 g/mol. The molecule has 0 fully saturated rings. The smallest absolute Gasteiger partial charge is 0.343 e. The van der Waals surface area contributed by atoms with Crippen LogP contribution in [0, 0.1) is 0 Å². The molecule has 0 bridgehead atoms. The summed E-state index contributed by atoms with van der Waals surface area (Å²) in [6.07, 6.45) is 1.37. The van der Waals surface area contributed by atoms with E-state index in [-0.39, 0.29) is 17.1 Å². The quantitative estimate of drug-likeness (QED) is 0.173. The molecule has 0 aliphatic carbocycles. The number of phenolic OH excluding ortho intramolecular Hbond substituents is 1. The molecule has 4 aromatic rings. The highest BCUT2D eigenvalue weighted by molar-refractivity contribution is 9.10. The van der Waals surface area contributed by atoms with Gasteiger partial charge in [-0.3, -0.25) is 4.79 Å². The minimum atomic E-state index is -0.567. The summed E-state index contributed by atoms with van der Waals surface area (Å²) < 4.78 is 6.24. The first-order chi connectivity index (χ1) is 15.5. The van der Waals surface area contributed by atoms with Crippen LogP contribution in [-0.4, -0.2) is 23.2 Å². The SMILES string of the molecule is O=C(Oc1ccc(Br)cc1C=NNC(=O)c1cc2ccccc2cc1O)c1ccccc1. The molecule has 32 heavy (non-hydrogen) atoms. The summed E-state index contributed by atoms with van der Waals surface area (Å²) in [6, 6.07) is 24.2. The van der Waals surface area contributed by atoms with Crippen LogP contribution in [0.1, 0.15) is 26.3 Å². The van der Waals surface area contributed by atoms with E-state index >= 15 is 0 Å². The Labute approximate surface area is 192 Å². The van der Waals surface area contributed by atoms with Crippen LogP contribution in [0.2, 0.25) is 0 Å². The molecule has 0 aliphatic heterocycles. The first kappa shape index (κ1) is 21.3. The average Bonchev–Trinajstić information content (AvgIpc) is 2.80. The molecule has 2 N–H and O–H groups in total. The first-order valence-corrected chi connectivity index (χ1v) is 10.4. The maximum atomic E-state index is 12.5. The standard InChI is InChI=1S/C25H17BrN2O4/c26-20-10-11-23(32-25(31)16-6-2-1-3-7-16)19(12-20)15-27-28-24(30)21-13-17-8-4-5-9-18(17)14-22(21)29/h1-15,29H,(H,28,30). The summed E-state index contributed by atoms with van der Waals surface area (Å²) in [5.74, 6) is -0.931. The minimum absolute atomic E-state index is 0.103. The van der Waals surface area contributed by atoms with Gasteiger partial charge in [0.25, 0.3) is 5.91 Å². The number of hydrogen-bond acceptors (Lipinski definition) is 5. The molecule has 0 spiro atoms. The lowest BCUT2D eigenvalue weighted by Crippen LogP contribution is -2.18. The Kier molecular flexibility index (Phi) is 6.28. The number of aromatic hydroxyl groups is 1. The molecule has 4 rings (SSSR count). The molecule has 7 heteroatoms. The maximum Gasteiger partial charge on any atom is 0.343 e. The van der Waals surface area contributed by atoms with Gasteiger partial charge in [0, 0.05) is 10.0 Å². The second-order valence-electron chi connectivity index (χ2n) is 6.85. The van der Waals surface area contributed by atoms with Crippen LogP contribution >= 0.6 is 15.9 Å². The van der Waals surface area contributed by atoms with E-state index < -0.39 is 11.9 Å². The summed E-state index contributed by atoms with van der Waals surface area (Å²) >= 11 is 3.37. The van der Waals surface area contributed by atoms with E-state index in [9.17, 15) is 14.7 Å². The van der Waals surface area contributed by atoms with Crippen molar-refractivity contribution < 1.29 is 19.4 Å². The second kappa shape index (κ2) is 9.45. The van der Waals surface area contributed by atoms with E-state index in [2.05, 4.69) is 26.5 Å². The lowest BCUT2D eigenvalue weighted by atomic mass is 10.1. The third kappa shape index (κ3) is 4.84. The number of rotatable bonds is 5. The topological polar surface area (TPSA) is 88.0 Å². The predicted octanol–water partition coefficient (Wildman–Crippen LogP) is 5.29. The van der Waals surface area contributed by atoms with Crippen molar-refractivity contribution >= 4 is 44.8 Å². The van der Waals surface area contributed by atoms with E-state index in [1.807, 2.05) is 30.3 Å². The number of carbonyl (C=O) groups excluding carboxylic acids is 2. The van der Waals surface area contributed by atoms with Crippen molar-refractivity contribution in [3.63, 3.8) is 0 Å². The van der Waals surface area contributed by atoms with Gasteiger partial charge in [-0.15, -0.1) is 0 Å². The summed E-state index contributed by atoms with van der Waals surface area (Å²) in [5.41, 5.74) is 3.40. The van der Waals surface area contributed by atoms with Gasteiger partial charge in [0.2, 0.25) is 0 Å². The van der Waals surface area contributed by atoms with Gasteiger partial charge in [-0.05, 0) is 53.2 Å². The Morgan fingerprint density at radius 1 is 0.906 bits per heavy atom. The number of nitrogens with zero attached hydrogens (tertiary/aromatic N) is 1. The zero-order chi connectivity index (χ0) is 22.5. The van der Waals surface area contributed by atoms with Crippen molar-refractivity contribution in [2.45, 2.75) is 0 Å². The Morgan fingerprint density at radius 2 is 1.59 bits per heavy atom. The molecular weight excluding hydrogens is 472 g/mol. The van der Waals surface area contributed by atoms with Crippen LogP contribution in [0.4, 0.5) is 0 Å². The molecule has 0 aromatic heterocycles. The number of nitrogens with one attached hydrogen (secondary N) is 1. The van der Waals surface area contributed by atoms with Crippen molar-refractivity contribution in [3.05, 3.63) is 106 Å². The zero-order valence-corrected chi connectivity index (χ0v) is 18.2. The van der Waals surface area contributed by atoms with Crippen molar-refractivity contribution in [3.8, 4) is 11.5 Å². The van der Waals surface area contributed by atoms with E-state index in [1.165, 1.54) is 12.3 Å². The van der Waals surface area contributed by atoms with Gasteiger partial charge in [0.1, 0.15) is 11.5 Å². The molecule has 0 saturated heterocycles. The van der Waals surface area contributed by atoms with Gasteiger partial charge in [-0.25, -0.2) is 10.2 Å². The predicted molar refractivity (Wildman–Crippen MR) is 126 cm³/mol. The summed E-state index contributed by atoms with van der Waals surface area (Å²) in [4.78, 5) is 24.9. The largest absolute Gasteiger partial charge is 0.507 e. The van der Waals surface area contributed by atoms with Crippen LogP contribution in [0.15, 0.2) is 94.5 Å². The lowest BCUT2D eigenvalue weighted by molar-refractivity contribution is 0.0734. The van der Waals surface area contributed by atoms with Crippen LogP contribution < -0.4 is 10.2 Å². The lowest BCUT2D eigenvalue weighted by Gasteiger charge is -2.08. The Hall–Kier alpha value is -3.97. The van der Waals surface area contributed by atoms with Gasteiger partial charge in [-0.2, -0.15) is 5.10 Å². The number of carbonyl (C=O) groups is 2. The van der Waals surface area contributed by atoms with E-state index in [0.717, 1.165) is 15.2 Å². The fourth-order valence-electron chi connectivity index (χ4n) is 3.08. The number of esters is 1. The summed E-state index contributed by atoms with van der Waals surface area (Å²) in [5, 5.41) is 15.8. The molecule has 6 nitrogen and oxygen atoms in total. The fraction of sp³-hybridized carbons (Fsp3) is 0. The number of phenols is 1. The number of benzene rings is 4. The molecule has 4 aromatic carbocycles. The minimum Gasteiger partial charge on any atom is -0.507 e. The van der Waals surface area contributed by atoms with Gasteiger partial charge in [0.15, 0.2) is 0 Å². The molecule has 0 heterocycles. The van der Waals surface area contributed by atoms with Crippen molar-refractivity contribution in [2.75, 3.05) is 0 Å². The maximum absolute atomic E-state index is 12.5. The molecule has 158 valence electrons. The van der Waals surface area contributed by atoms with Crippen molar-refractivity contribution in [1.82, 2.24) is 5.43 Å². The third-order valence-corrected chi connectivity index (χ3v) is 5.16. The van der Waals surface area contributed by atoms with E-state index in [0.29, 0.717) is 11.1 Å². The van der Waals surface area contributed by atoms with Gasteiger partial charge < -0.3 is 9.84 Å². The number of halogens is 1. The summed E-state index contributed by atoms with van der Waals surface area (Å²) in [6.45, 7) is 0. The highest BCUT2D eigenvalue weighted by Gasteiger charge is 2.13. The Balaban J connectivity index is 1.52. The molecule has 0 saturated carbocycles. The normalized spacial score (nSPS) is 10.9. The van der Waals surface area contributed by atoms with Crippen LogP contribution in [0.5, 0.6) is 11.5 Å². The molecule has 0 atom stereocenters. The van der Waals surface area contributed by atoms with Crippen molar-refractivity contribution in [2.24, 2.45) is 5.10 Å². The number of fused-ring (bicyclic) bond motifs is 1. The number of hydrazone groups is 1. The Morgan fingerprint density at radius 3 is 2.34 bits per heavy atom. The van der Waals surface area contributed by atoms with Crippen LogP contribution in [0.3, 0.4) is 0 Å².